The van der Waals surface area contributed by atoms with Crippen LogP contribution in [-0.4, -0.2) is 67.6 Å². The molecule has 1 aliphatic rings. The SMILES string of the molecule is CCNC(=NCC1CCN(S(C)(=O)=O)C1)N(C)Cc1cc(Cl)cn1C. The molecule has 2 rings (SSSR count). The first kappa shape index (κ1) is 20.1. The fraction of sp³-hybridized carbons (Fsp3) is 0.688. The third-order valence-corrected chi connectivity index (χ3v) is 5.86. The Bertz CT molecular complexity index is 716. The highest BCUT2D eigenvalue weighted by atomic mass is 35.5. The number of aliphatic imine (C=N–C) groups is 1. The number of aryl methyl sites for hydroxylation is 1. The van der Waals surface area contributed by atoms with Gasteiger partial charge < -0.3 is 14.8 Å². The summed E-state index contributed by atoms with van der Waals surface area (Å²) < 4.78 is 26.8. The molecule has 142 valence electrons. The van der Waals surface area contributed by atoms with Crippen LogP contribution < -0.4 is 5.32 Å². The molecule has 1 N–H and O–H groups in total. The summed E-state index contributed by atoms with van der Waals surface area (Å²) in [7, 11) is 0.855. The molecule has 25 heavy (non-hydrogen) atoms. The number of aromatic nitrogens is 1. The van der Waals surface area contributed by atoms with Crippen molar-refractivity contribution in [3.63, 3.8) is 0 Å². The number of nitrogens with zero attached hydrogens (tertiary/aromatic N) is 4. The van der Waals surface area contributed by atoms with Crippen molar-refractivity contribution < 1.29 is 8.42 Å². The van der Waals surface area contributed by atoms with Gasteiger partial charge in [0.2, 0.25) is 10.0 Å². The molecule has 1 fully saturated rings. The summed E-state index contributed by atoms with van der Waals surface area (Å²) in [5, 5.41) is 4.02. The predicted octanol–water partition coefficient (Wildman–Crippen LogP) is 1.36. The van der Waals surface area contributed by atoms with Gasteiger partial charge in [-0.3, -0.25) is 4.99 Å². The molecule has 1 aromatic heterocycles. The van der Waals surface area contributed by atoms with Gasteiger partial charge in [-0.2, -0.15) is 0 Å². The molecule has 0 saturated carbocycles. The van der Waals surface area contributed by atoms with Crippen LogP contribution in [-0.2, 0) is 23.6 Å². The minimum absolute atomic E-state index is 0.265. The number of nitrogens with one attached hydrogen (secondary N) is 1. The van der Waals surface area contributed by atoms with Gasteiger partial charge in [0.1, 0.15) is 0 Å². The van der Waals surface area contributed by atoms with E-state index in [1.165, 1.54) is 10.6 Å². The van der Waals surface area contributed by atoms with E-state index in [0.29, 0.717) is 26.2 Å². The molecule has 1 aliphatic heterocycles. The molecule has 1 unspecified atom stereocenters. The van der Waals surface area contributed by atoms with E-state index in [1.807, 2.05) is 37.8 Å². The average molecular weight is 390 g/mol. The molecular formula is C16H28ClN5O2S. The summed E-state index contributed by atoms with van der Waals surface area (Å²) in [6.45, 7) is 5.26. The largest absolute Gasteiger partial charge is 0.357 e. The molecule has 0 spiro atoms. The van der Waals surface area contributed by atoms with Gasteiger partial charge in [0, 0.05) is 52.2 Å². The van der Waals surface area contributed by atoms with Crippen LogP contribution in [0.5, 0.6) is 0 Å². The van der Waals surface area contributed by atoms with Crippen molar-refractivity contribution in [1.82, 2.24) is 19.1 Å². The van der Waals surface area contributed by atoms with Gasteiger partial charge in [0.25, 0.3) is 0 Å². The van der Waals surface area contributed by atoms with Gasteiger partial charge >= 0.3 is 0 Å². The van der Waals surface area contributed by atoms with Crippen LogP contribution in [0.15, 0.2) is 17.3 Å². The zero-order chi connectivity index (χ0) is 18.6. The average Bonchev–Trinajstić information content (AvgIpc) is 3.10. The first-order valence-electron chi connectivity index (χ1n) is 8.46. The van der Waals surface area contributed by atoms with Gasteiger partial charge in [0.05, 0.1) is 17.8 Å². The molecule has 0 radical (unpaired) electrons. The summed E-state index contributed by atoms with van der Waals surface area (Å²) in [5.41, 5.74) is 1.10. The monoisotopic (exact) mass is 389 g/mol. The summed E-state index contributed by atoms with van der Waals surface area (Å²) in [6, 6.07) is 1.95. The summed E-state index contributed by atoms with van der Waals surface area (Å²) in [4.78, 5) is 6.77. The quantitative estimate of drug-likeness (QED) is 0.589. The molecule has 1 saturated heterocycles. The smallest absolute Gasteiger partial charge is 0.211 e. The fourth-order valence-electron chi connectivity index (χ4n) is 2.97. The maximum absolute atomic E-state index is 11.6. The Morgan fingerprint density at radius 3 is 2.76 bits per heavy atom. The second kappa shape index (κ2) is 8.42. The standard InChI is InChI=1S/C16H28ClN5O2S/c1-5-18-16(21(3)12-15-8-14(17)11-20(15)2)19-9-13-6-7-22(10-13)25(4,23)24/h8,11,13H,5-7,9-10,12H2,1-4H3,(H,18,19). The van der Waals surface area contributed by atoms with Crippen LogP contribution in [0.2, 0.25) is 5.02 Å². The summed E-state index contributed by atoms with van der Waals surface area (Å²) in [5.74, 6) is 1.08. The Morgan fingerprint density at radius 2 is 2.24 bits per heavy atom. The van der Waals surface area contributed by atoms with Crippen molar-refractivity contribution in [2.75, 3.05) is 39.5 Å². The maximum atomic E-state index is 11.6. The number of rotatable bonds is 6. The lowest BCUT2D eigenvalue weighted by Gasteiger charge is -2.23. The van der Waals surface area contributed by atoms with Gasteiger partial charge in [-0.15, -0.1) is 0 Å². The minimum atomic E-state index is -3.10. The van der Waals surface area contributed by atoms with E-state index < -0.39 is 10.0 Å². The van der Waals surface area contributed by atoms with E-state index in [1.54, 1.807) is 0 Å². The molecule has 0 aliphatic carbocycles. The molecule has 0 amide bonds. The third kappa shape index (κ3) is 5.62. The molecule has 0 aromatic carbocycles. The molecule has 1 atom stereocenters. The Morgan fingerprint density at radius 1 is 1.52 bits per heavy atom. The van der Waals surface area contributed by atoms with Crippen LogP contribution in [0.25, 0.3) is 0 Å². The normalized spacial score (nSPS) is 19.4. The second-order valence-electron chi connectivity index (χ2n) is 6.59. The van der Waals surface area contributed by atoms with Crippen molar-refractivity contribution >= 4 is 27.6 Å². The topological polar surface area (TPSA) is 69.9 Å². The Balaban J connectivity index is 1.99. The molecular weight excluding hydrogens is 362 g/mol. The number of guanidine groups is 1. The molecule has 7 nitrogen and oxygen atoms in total. The van der Waals surface area contributed by atoms with E-state index in [-0.39, 0.29) is 5.92 Å². The van der Waals surface area contributed by atoms with Crippen molar-refractivity contribution in [1.29, 1.82) is 0 Å². The van der Waals surface area contributed by atoms with Crippen molar-refractivity contribution in [3.05, 3.63) is 23.0 Å². The highest BCUT2D eigenvalue weighted by Gasteiger charge is 2.28. The number of hydrogen-bond acceptors (Lipinski definition) is 3. The highest BCUT2D eigenvalue weighted by molar-refractivity contribution is 7.88. The second-order valence-corrected chi connectivity index (χ2v) is 9.01. The first-order valence-corrected chi connectivity index (χ1v) is 10.7. The molecule has 9 heteroatoms. The van der Waals surface area contributed by atoms with Crippen LogP contribution in [0.3, 0.4) is 0 Å². The van der Waals surface area contributed by atoms with E-state index >= 15 is 0 Å². The fourth-order valence-corrected chi connectivity index (χ4v) is 4.16. The number of sulfonamides is 1. The number of halogens is 1. The first-order chi connectivity index (χ1) is 11.7. The maximum Gasteiger partial charge on any atom is 0.211 e. The van der Waals surface area contributed by atoms with Gasteiger partial charge in [0.15, 0.2) is 5.96 Å². The van der Waals surface area contributed by atoms with Crippen molar-refractivity contribution in [3.8, 4) is 0 Å². The van der Waals surface area contributed by atoms with Crippen molar-refractivity contribution in [2.24, 2.45) is 18.0 Å². The van der Waals surface area contributed by atoms with Crippen LogP contribution in [0, 0.1) is 5.92 Å². The zero-order valence-electron chi connectivity index (χ0n) is 15.4. The lowest BCUT2D eigenvalue weighted by atomic mass is 10.1. The van der Waals surface area contributed by atoms with E-state index in [9.17, 15) is 8.42 Å². The zero-order valence-corrected chi connectivity index (χ0v) is 16.9. The Hall–Kier alpha value is -1.25. The minimum Gasteiger partial charge on any atom is -0.357 e. The Labute approximate surface area is 155 Å². The molecule has 2 heterocycles. The third-order valence-electron chi connectivity index (χ3n) is 4.39. The lowest BCUT2D eigenvalue weighted by molar-refractivity contribution is 0.450. The highest BCUT2D eigenvalue weighted by Crippen LogP contribution is 2.19. The van der Waals surface area contributed by atoms with Gasteiger partial charge in [-0.05, 0) is 25.3 Å². The Kier molecular flexibility index (Phi) is 6.76. The van der Waals surface area contributed by atoms with E-state index in [4.69, 9.17) is 16.6 Å². The summed E-state index contributed by atoms with van der Waals surface area (Å²) in [6.07, 6.45) is 4.00. The van der Waals surface area contributed by atoms with E-state index in [2.05, 4.69) is 10.2 Å². The summed E-state index contributed by atoms with van der Waals surface area (Å²) >= 11 is 6.05. The van der Waals surface area contributed by atoms with Crippen molar-refractivity contribution in [2.45, 2.75) is 19.9 Å². The van der Waals surface area contributed by atoms with Gasteiger partial charge in [-0.1, -0.05) is 11.6 Å². The van der Waals surface area contributed by atoms with Crippen LogP contribution in [0.4, 0.5) is 0 Å². The predicted molar refractivity (Wildman–Crippen MR) is 102 cm³/mol. The van der Waals surface area contributed by atoms with Gasteiger partial charge in [-0.25, -0.2) is 12.7 Å². The number of hydrogen-bond donors (Lipinski definition) is 1. The van der Waals surface area contributed by atoms with Crippen LogP contribution >= 0.6 is 11.6 Å². The molecule has 1 aromatic rings. The molecule has 0 bridgehead atoms. The van der Waals surface area contributed by atoms with Crippen LogP contribution in [0.1, 0.15) is 19.0 Å². The van der Waals surface area contributed by atoms with E-state index in [0.717, 1.165) is 29.6 Å². The lowest BCUT2D eigenvalue weighted by Crippen LogP contribution is -2.39.